The van der Waals surface area contributed by atoms with Gasteiger partial charge in [-0.15, -0.1) is 0 Å². The molecule has 1 aliphatic carbocycles. The van der Waals surface area contributed by atoms with Crippen molar-refractivity contribution in [3.8, 4) is 0 Å². The molecule has 3 nitrogen and oxygen atoms in total. The van der Waals surface area contributed by atoms with Gasteiger partial charge in [-0.25, -0.2) is 0 Å². The summed E-state index contributed by atoms with van der Waals surface area (Å²) in [4.78, 5) is 11.3. The smallest absolute Gasteiger partial charge is 0.266 e. The summed E-state index contributed by atoms with van der Waals surface area (Å²) in [5, 5.41) is 2.98. The lowest BCUT2D eigenvalue weighted by molar-refractivity contribution is 0.323. The number of hydrogen-bond donors (Lipinski definition) is 1. The Bertz CT molecular complexity index is 293. The molecule has 0 aromatic carbocycles. The van der Waals surface area contributed by atoms with Crippen molar-refractivity contribution in [2.75, 3.05) is 0 Å². The van der Waals surface area contributed by atoms with Crippen molar-refractivity contribution in [3.05, 3.63) is 22.6 Å². The van der Waals surface area contributed by atoms with Crippen LogP contribution in [0.3, 0.4) is 0 Å². The van der Waals surface area contributed by atoms with Gasteiger partial charge in [-0.3, -0.25) is 9.48 Å². The van der Waals surface area contributed by atoms with E-state index in [0.717, 1.165) is 12.8 Å². The van der Waals surface area contributed by atoms with E-state index < -0.39 is 0 Å². The van der Waals surface area contributed by atoms with E-state index in [9.17, 15) is 4.79 Å². The van der Waals surface area contributed by atoms with Crippen LogP contribution in [0, 0.1) is 0 Å². The second kappa shape index (κ2) is 3.17. The first-order valence-electron chi connectivity index (χ1n) is 4.64. The lowest BCUT2D eigenvalue weighted by Gasteiger charge is -2.21. The molecule has 3 heteroatoms. The van der Waals surface area contributed by atoms with Crippen molar-refractivity contribution in [1.29, 1.82) is 0 Å². The molecule has 1 fully saturated rings. The first-order valence-corrected chi connectivity index (χ1v) is 4.64. The zero-order valence-corrected chi connectivity index (χ0v) is 7.12. The third kappa shape index (κ3) is 1.31. The van der Waals surface area contributed by atoms with Crippen LogP contribution >= 0.6 is 0 Å². The maximum absolute atomic E-state index is 11.3. The van der Waals surface area contributed by atoms with Gasteiger partial charge in [-0.2, -0.15) is 0 Å². The molecule has 0 saturated heterocycles. The quantitative estimate of drug-likeness (QED) is 0.677. The fourth-order valence-corrected chi connectivity index (χ4v) is 1.96. The van der Waals surface area contributed by atoms with E-state index in [0.29, 0.717) is 6.04 Å². The number of nitrogens with one attached hydrogen (secondary N) is 1. The van der Waals surface area contributed by atoms with Crippen LogP contribution in [0.5, 0.6) is 0 Å². The number of H-pyrrole nitrogens is 1. The molecule has 0 amide bonds. The lowest BCUT2D eigenvalue weighted by Crippen LogP contribution is -2.23. The van der Waals surface area contributed by atoms with E-state index >= 15 is 0 Å². The summed E-state index contributed by atoms with van der Waals surface area (Å²) in [6.45, 7) is 0. The number of nitrogens with zero attached hydrogens (tertiary/aromatic N) is 1. The van der Waals surface area contributed by atoms with Crippen LogP contribution in [0.15, 0.2) is 17.1 Å². The predicted molar refractivity (Wildman–Crippen MR) is 47.2 cm³/mol. The highest BCUT2D eigenvalue weighted by Gasteiger charge is 2.15. The van der Waals surface area contributed by atoms with Crippen LogP contribution in [0.1, 0.15) is 38.1 Å². The summed E-state index contributed by atoms with van der Waals surface area (Å²) in [5.41, 5.74) is 0.113. The number of aromatic amines is 1. The van der Waals surface area contributed by atoms with E-state index in [1.54, 1.807) is 16.9 Å². The zero-order valence-electron chi connectivity index (χ0n) is 7.12. The van der Waals surface area contributed by atoms with Crippen LogP contribution in [0.4, 0.5) is 0 Å². The normalized spacial score (nSPS) is 19.7. The first kappa shape index (κ1) is 7.65. The topological polar surface area (TPSA) is 37.8 Å². The van der Waals surface area contributed by atoms with Gasteiger partial charge in [0.05, 0.1) is 6.04 Å². The van der Waals surface area contributed by atoms with E-state index in [-0.39, 0.29) is 5.56 Å². The average molecular weight is 166 g/mol. The highest BCUT2D eigenvalue weighted by molar-refractivity contribution is 4.84. The fraction of sp³-hybridized carbons (Fsp3) is 0.667. The minimum Gasteiger partial charge on any atom is -0.303 e. The molecule has 0 unspecified atom stereocenters. The number of aromatic nitrogens is 2. The van der Waals surface area contributed by atoms with Crippen LogP contribution in [0.2, 0.25) is 0 Å². The monoisotopic (exact) mass is 166 g/mol. The van der Waals surface area contributed by atoms with Crippen molar-refractivity contribution < 1.29 is 0 Å². The summed E-state index contributed by atoms with van der Waals surface area (Å²) in [6.07, 6.45) is 7.87. The van der Waals surface area contributed by atoms with E-state index in [4.69, 9.17) is 0 Å². The summed E-state index contributed by atoms with van der Waals surface area (Å²) in [7, 11) is 0. The molecule has 66 valence electrons. The molecule has 0 spiro atoms. The van der Waals surface area contributed by atoms with Gasteiger partial charge in [0.2, 0.25) is 0 Å². The van der Waals surface area contributed by atoms with Crippen molar-refractivity contribution in [1.82, 2.24) is 9.78 Å². The van der Waals surface area contributed by atoms with Gasteiger partial charge in [-0.05, 0) is 12.8 Å². The Labute approximate surface area is 71.4 Å². The van der Waals surface area contributed by atoms with Crippen molar-refractivity contribution >= 4 is 0 Å². The minimum absolute atomic E-state index is 0.113. The minimum atomic E-state index is 0.113. The van der Waals surface area contributed by atoms with Crippen LogP contribution in [-0.2, 0) is 0 Å². The number of hydrogen-bond acceptors (Lipinski definition) is 1. The van der Waals surface area contributed by atoms with E-state index in [1.165, 1.54) is 19.3 Å². The molecule has 1 heterocycles. The fourth-order valence-electron chi connectivity index (χ4n) is 1.96. The molecule has 0 radical (unpaired) electrons. The molecule has 0 atom stereocenters. The largest absolute Gasteiger partial charge is 0.303 e. The summed E-state index contributed by atoms with van der Waals surface area (Å²) < 4.78 is 1.76. The molecular formula is C9H14N2O. The van der Waals surface area contributed by atoms with Crippen molar-refractivity contribution in [2.45, 2.75) is 38.1 Å². The van der Waals surface area contributed by atoms with E-state index in [2.05, 4.69) is 5.10 Å². The first-order chi connectivity index (χ1) is 5.88. The summed E-state index contributed by atoms with van der Waals surface area (Å²) >= 11 is 0. The molecule has 1 N–H and O–H groups in total. The number of rotatable bonds is 1. The third-order valence-corrected chi connectivity index (χ3v) is 2.62. The Balaban J connectivity index is 2.18. The predicted octanol–water partition coefficient (Wildman–Crippen LogP) is 1.68. The van der Waals surface area contributed by atoms with Gasteiger partial charge >= 0.3 is 0 Å². The molecule has 0 aliphatic heterocycles. The Morgan fingerprint density at radius 3 is 2.67 bits per heavy atom. The second-order valence-electron chi connectivity index (χ2n) is 3.46. The SMILES string of the molecule is O=c1cc[nH]n1C1CCCCC1. The molecule has 1 aromatic heterocycles. The van der Waals surface area contributed by atoms with Crippen molar-refractivity contribution in [3.63, 3.8) is 0 Å². The highest BCUT2D eigenvalue weighted by atomic mass is 16.1. The van der Waals surface area contributed by atoms with Crippen molar-refractivity contribution in [2.24, 2.45) is 0 Å². The van der Waals surface area contributed by atoms with Crippen LogP contribution in [0.25, 0.3) is 0 Å². The third-order valence-electron chi connectivity index (χ3n) is 2.62. The Morgan fingerprint density at radius 1 is 1.33 bits per heavy atom. The van der Waals surface area contributed by atoms with Crippen LogP contribution < -0.4 is 5.56 Å². The zero-order chi connectivity index (χ0) is 8.39. The molecular weight excluding hydrogens is 152 g/mol. The maximum Gasteiger partial charge on any atom is 0.266 e. The lowest BCUT2D eigenvalue weighted by atomic mass is 9.96. The molecule has 1 saturated carbocycles. The van der Waals surface area contributed by atoms with Gasteiger partial charge in [0.1, 0.15) is 0 Å². The van der Waals surface area contributed by atoms with E-state index in [1.807, 2.05) is 0 Å². The Morgan fingerprint density at radius 2 is 2.08 bits per heavy atom. The standard InChI is InChI=1S/C9H14N2O/c12-9-6-7-10-11(9)8-4-2-1-3-5-8/h6-8,10H,1-5H2. The average Bonchev–Trinajstić information content (AvgIpc) is 2.53. The molecule has 2 rings (SSSR count). The molecule has 12 heavy (non-hydrogen) atoms. The van der Waals surface area contributed by atoms with Gasteiger partial charge < -0.3 is 5.10 Å². The summed E-state index contributed by atoms with van der Waals surface area (Å²) in [6, 6.07) is 2.02. The second-order valence-corrected chi connectivity index (χ2v) is 3.46. The Kier molecular flexibility index (Phi) is 2.02. The molecule has 1 aromatic rings. The molecule has 1 aliphatic rings. The Hall–Kier alpha value is -0.990. The van der Waals surface area contributed by atoms with Gasteiger partial charge in [0.25, 0.3) is 5.56 Å². The van der Waals surface area contributed by atoms with Crippen LogP contribution in [-0.4, -0.2) is 9.78 Å². The van der Waals surface area contributed by atoms with Gasteiger partial charge in [0.15, 0.2) is 0 Å². The van der Waals surface area contributed by atoms with Gasteiger partial charge in [0, 0.05) is 12.3 Å². The maximum atomic E-state index is 11.3. The molecule has 0 bridgehead atoms. The summed E-state index contributed by atoms with van der Waals surface area (Å²) in [5.74, 6) is 0. The highest BCUT2D eigenvalue weighted by Crippen LogP contribution is 2.25. The van der Waals surface area contributed by atoms with Gasteiger partial charge in [-0.1, -0.05) is 19.3 Å².